The van der Waals surface area contributed by atoms with Crippen molar-refractivity contribution in [3.63, 3.8) is 0 Å². The second-order valence-corrected chi connectivity index (χ2v) is 5.49. The topological polar surface area (TPSA) is 65.9 Å². The molecule has 0 spiro atoms. The fourth-order valence-electron chi connectivity index (χ4n) is 2.24. The van der Waals surface area contributed by atoms with Gasteiger partial charge in [0.15, 0.2) is 5.96 Å². The molecule has 7 heteroatoms. The number of nitrogens with one attached hydrogen (secondary N) is 2. The number of rotatable bonds is 7. The zero-order valence-corrected chi connectivity index (χ0v) is 17.2. The highest BCUT2D eigenvalue weighted by atomic mass is 127. The molecule has 3 N–H and O–H groups in total. The van der Waals surface area contributed by atoms with Gasteiger partial charge in [-0.1, -0.05) is 24.3 Å². The van der Waals surface area contributed by atoms with Crippen molar-refractivity contribution in [1.82, 2.24) is 10.6 Å². The summed E-state index contributed by atoms with van der Waals surface area (Å²) in [6.07, 6.45) is -0.666. The lowest BCUT2D eigenvalue weighted by Gasteiger charge is -2.16. The number of guanidine groups is 1. The van der Waals surface area contributed by atoms with E-state index < -0.39 is 6.10 Å². The third kappa shape index (κ3) is 7.17. The van der Waals surface area contributed by atoms with Gasteiger partial charge in [0.1, 0.15) is 11.6 Å². The molecule has 0 fully saturated rings. The van der Waals surface area contributed by atoms with E-state index in [2.05, 4.69) is 15.6 Å². The molecule has 0 aliphatic heterocycles. The van der Waals surface area contributed by atoms with Gasteiger partial charge in [-0.05, 0) is 42.3 Å². The lowest BCUT2D eigenvalue weighted by molar-refractivity contribution is 0.180. The number of methoxy groups -OCH3 is 1. The first-order chi connectivity index (χ1) is 12.1. The van der Waals surface area contributed by atoms with Gasteiger partial charge in [0.05, 0.1) is 19.8 Å². The van der Waals surface area contributed by atoms with Crippen LogP contribution >= 0.6 is 24.0 Å². The van der Waals surface area contributed by atoms with Gasteiger partial charge in [0, 0.05) is 13.1 Å². The van der Waals surface area contributed by atoms with Crippen molar-refractivity contribution in [2.75, 3.05) is 20.2 Å². The molecule has 26 heavy (non-hydrogen) atoms. The van der Waals surface area contributed by atoms with E-state index in [9.17, 15) is 9.50 Å². The maximum absolute atomic E-state index is 12.9. The molecule has 142 valence electrons. The smallest absolute Gasteiger partial charge is 0.191 e. The van der Waals surface area contributed by atoms with Crippen molar-refractivity contribution in [2.45, 2.75) is 19.6 Å². The van der Waals surface area contributed by atoms with Crippen LogP contribution in [-0.4, -0.2) is 31.3 Å². The highest BCUT2D eigenvalue weighted by molar-refractivity contribution is 14.0. The summed E-state index contributed by atoms with van der Waals surface area (Å²) in [4.78, 5) is 4.45. The van der Waals surface area contributed by atoms with Crippen molar-refractivity contribution in [2.24, 2.45) is 4.99 Å². The predicted octanol–water partition coefficient (Wildman–Crippen LogP) is 3.24. The molecule has 0 radical (unpaired) electrons. The largest absolute Gasteiger partial charge is 0.497 e. The minimum atomic E-state index is -0.666. The summed E-state index contributed by atoms with van der Waals surface area (Å²) < 4.78 is 18.0. The lowest BCUT2D eigenvalue weighted by Crippen LogP contribution is -2.39. The highest BCUT2D eigenvalue weighted by Crippen LogP contribution is 2.16. The number of aliphatic imine (C=N–C) groups is 1. The van der Waals surface area contributed by atoms with Crippen LogP contribution in [-0.2, 0) is 6.54 Å². The molecular weight excluding hydrogens is 448 g/mol. The molecule has 0 amide bonds. The molecule has 2 rings (SSSR count). The van der Waals surface area contributed by atoms with Gasteiger partial charge in [0.2, 0.25) is 0 Å². The number of ether oxygens (including phenoxy) is 1. The Balaban J connectivity index is 0.00000338. The molecule has 0 aliphatic rings. The van der Waals surface area contributed by atoms with Crippen LogP contribution in [0.3, 0.4) is 0 Å². The summed E-state index contributed by atoms with van der Waals surface area (Å²) in [6, 6.07) is 13.5. The fourth-order valence-corrected chi connectivity index (χ4v) is 2.24. The first kappa shape index (κ1) is 22.2. The third-order valence-corrected chi connectivity index (χ3v) is 3.64. The molecule has 2 aromatic rings. The number of hydrogen-bond acceptors (Lipinski definition) is 3. The van der Waals surface area contributed by atoms with E-state index >= 15 is 0 Å². The second kappa shape index (κ2) is 11.7. The van der Waals surface area contributed by atoms with Gasteiger partial charge in [-0.3, -0.25) is 0 Å². The van der Waals surface area contributed by atoms with E-state index in [1.165, 1.54) is 12.1 Å². The van der Waals surface area contributed by atoms with Gasteiger partial charge >= 0.3 is 0 Å². The van der Waals surface area contributed by atoms with E-state index in [1.807, 2.05) is 31.2 Å². The van der Waals surface area contributed by atoms with Crippen molar-refractivity contribution in [3.05, 3.63) is 65.5 Å². The van der Waals surface area contributed by atoms with Crippen LogP contribution in [0.1, 0.15) is 24.2 Å². The number of aliphatic hydroxyl groups excluding tert-OH is 1. The minimum absolute atomic E-state index is 0. The van der Waals surface area contributed by atoms with Gasteiger partial charge < -0.3 is 20.5 Å². The normalized spacial score (nSPS) is 12.1. The zero-order chi connectivity index (χ0) is 18.1. The van der Waals surface area contributed by atoms with Crippen molar-refractivity contribution >= 4 is 29.9 Å². The SMILES string of the molecule is CCNC(=NCc1ccc(F)cc1)NCC(O)c1ccc(OC)cc1.I. The molecule has 0 bridgehead atoms. The molecule has 1 atom stereocenters. The van der Waals surface area contributed by atoms with Crippen LogP contribution in [0.25, 0.3) is 0 Å². The van der Waals surface area contributed by atoms with E-state index in [4.69, 9.17) is 4.74 Å². The number of hydrogen-bond donors (Lipinski definition) is 3. The molecule has 1 unspecified atom stereocenters. The summed E-state index contributed by atoms with van der Waals surface area (Å²) in [6.45, 7) is 3.42. The van der Waals surface area contributed by atoms with Crippen LogP contribution < -0.4 is 15.4 Å². The van der Waals surface area contributed by atoms with Gasteiger partial charge in [-0.2, -0.15) is 0 Å². The highest BCUT2D eigenvalue weighted by Gasteiger charge is 2.08. The standard InChI is InChI=1S/C19H24FN3O2.HI/c1-3-21-19(22-12-14-4-8-16(20)9-5-14)23-13-18(24)15-6-10-17(25-2)11-7-15;/h4-11,18,24H,3,12-13H2,1-2H3,(H2,21,22,23);1H. The Kier molecular flexibility index (Phi) is 9.97. The lowest BCUT2D eigenvalue weighted by atomic mass is 10.1. The maximum atomic E-state index is 12.9. The van der Waals surface area contributed by atoms with Crippen molar-refractivity contribution in [3.8, 4) is 5.75 Å². The third-order valence-electron chi connectivity index (χ3n) is 3.64. The molecule has 5 nitrogen and oxygen atoms in total. The molecule has 0 aromatic heterocycles. The van der Waals surface area contributed by atoms with Crippen molar-refractivity contribution in [1.29, 1.82) is 0 Å². The first-order valence-corrected chi connectivity index (χ1v) is 8.21. The molecular formula is C19H25FIN3O2. The molecule has 0 heterocycles. The van der Waals surface area contributed by atoms with E-state index in [1.54, 1.807) is 19.2 Å². The molecule has 0 saturated carbocycles. The summed E-state index contributed by atoms with van der Waals surface area (Å²) in [5.74, 6) is 1.08. The number of halogens is 2. The van der Waals surface area contributed by atoms with Crippen LogP contribution in [0.2, 0.25) is 0 Å². The van der Waals surface area contributed by atoms with E-state index in [-0.39, 0.29) is 29.8 Å². The molecule has 0 saturated heterocycles. The van der Waals surface area contributed by atoms with E-state index in [0.717, 1.165) is 16.9 Å². The van der Waals surface area contributed by atoms with Crippen molar-refractivity contribution < 1.29 is 14.2 Å². The van der Waals surface area contributed by atoms with Crippen LogP contribution in [0.5, 0.6) is 5.75 Å². The molecule has 0 aliphatic carbocycles. The Labute approximate surface area is 170 Å². The Hall–Kier alpha value is -1.87. The number of aliphatic hydroxyl groups is 1. The Morgan fingerprint density at radius 3 is 2.35 bits per heavy atom. The summed E-state index contributed by atoms with van der Waals surface area (Å²) in [5.41, 5.74) is 1.71. The number of nitrogens with zero attached hydrogens (tertiary/aromatic N) is 1. The van der Waals surface area contributed by atoms with Crippen LogP contribution in [0, 0.1) is 5.82 Å². The minimum Gasteiger partial charge on any atom is -0.497 e. The summed E-state index contributed by atoms with van der Waals surface area (Å²) in [5, 5.41) is 16.5. The average Bonchev–Trinajstić information content (AvgIpc) is 2.65. The molecule has 2 aromatic carbocycles. The van der Waals surface area contributed by atoms with Gasteiger partial charge in [-0.15, -0.1) is 24.0 Å². The van der Waals surface area contributed by atoms with Gasteiger partial charge in [-0.25, -0.2) is 9.38 Å². The van der Waals surface area contributed by atoms with E-state index in [0.29, 0.717) is 25.6 Å². The zero-order valence-electron chi connectivity index (χ0n) is 14.9. The Morgan fingerprint density at radius 2 is 1.77 bits per heavy atom. The van der Waals surface area contributed by atoms with Gasteiger partial charge in [0.25, 0.3) is 0 Å². The summed E-state index contributed by atoms with van der Waals surface area (Å²) >= 11 is 0. The van der Waals surface area contributed by atoms with Crippen LogP contribution in [0.4, 0.5) is 4.39 Å². The monoisotopic (exact) mass is 473 g/mol. The quantitative estimate of drug-likeness (QED) is 0.328. The Bertz CT molecular complexity index is 678. The summed E-state index contributed by atoms with van der Waals surface area (Å²) in [7, 11) is 1.60. The predicted molar refractivity (Wildman–Crippen MR) is 113 cm³/mol. The second-order valence-electron chi connectivity index (χ2n) is 5.49. The Morgan fingerprint density at radius 1 is 1.12 bits per heavy atom. The maximum Gasteiger partial charge on any atom is 0.191 e. The average molecular weight is 473 g/mol. The fraction of sp³-hybridized carbons (Fsp3) is 0.316. The first-order valence-electron chi connectivity index (χ1n) is 8.21. The van der Waals surface area contributed by atoms with Crippen LogP contribution in [0.15, 0.2) is 53.5 Å². The number of benzene rings is 2.